The molecular formula is C10H12BrFN2O3S. The Labute approximate surface area is 113 Å². The van der Waals surface area contributed by atoms with Crippen molar-refractivity contribution in [3.8, 4) is 0 Å². The van der Waals surface area contributed by atoms with Crippen LogP contribution in [0.2, 0.25) is 0 Å². The zero-order valence-electron chi connectivity index (χ0n) is 9.40. The normalized spacial score (nSPS) is 17.9. The molecule has 2 N–H and O–H groups in total. The number of anilines is 1. The van der Waals surface area contributed by atoms with Crippen molar-refractivity contribution in [2.45, 2.75) is 4.90 Å². The number of nitrogen functional groups attached to an aromatic ring is 1. The summed E-state index contributed by atoms with van der Waals surface area (Å²) in [5, 5.41) is 0. The predicted molar refractivity (Wildman–Crippen MR) is 68.1 cm³/mol. The van der Waals surface area contributed by atoms with E-state index in [4.69, 9.17) is 10.5 Å². The number of nitrogens with zero attached hydrogens (tertiary/aromatic N) is 1. The Bertz CT molecular complexity index is 558. The van der Waals surface area contributed by atoms with Gasteiger partial charge < -0.3 is 10.5 Å². The molecular weight excluding hydrogens is 327 g/mol. The summed E-state index contributed by atoms with van der Waals surface area (Å²) in [7, 11) is -3.67. The average Bonchev–Trinajstić information content (AvgIpc) is 2.34. The van der Waals surface area contributed by atoms with Crippen LogP contribution in [0.1, 0.15) is 0 Å². The van der Waals surface area contributed by atoms with Crippen LogP contribution in [0.5, 0.6) is 0 Å². The first-order chi connectivity index (χ1) is 8.43. The fourth-order valence-corrected chi connectivity index (χ4v) is 4.09. The van der Waals surface area contributed by atoms with Gasteiger partial charge in [0.2, 0.25) is 10.0 Å². The van der Waals surface area contributed by atoms with Gasteiger partial charge in [0.15, 0.2) is 0 Å². The van der Waals surface area contributed by atoms with Crippen LogP contribution in [0.15, 0.2) is 21.5 Å². The lowest BCUT2D eigenvalue weighted by atomic mass is 10.3. The van der Waals surface area contributed by atoms with E-state index in [0.29, 0.717) is 13.2 Å². The average molecular weight is 339 g/mol. The Morgan fingerprint density at radius 2 is 1.94 bits per heavy atom. The Hall–Kier alpha value is -0.700. The van der Waals surface area contributed by atoms with Crippen molar-refractivity contribution in [3.63, 3.8) is 0 Å². The number of hydrogen-bond acceptors (Lipinski definition) is 4. The highest BCUT2D eigenvalue weighted by atomic mass is 79.9. The number of hydrogen-bond donors (Lipinski definition) is 1. The molecule has 1 fully saturated rings. The Balaban J connectivity index is 2.43. The lowest BCUT2D eigenvalue weighted by molar-refractivity contribution is 0.0730. The fraction of sp³-hybridized carbons (Fsp3) is 0.400. The van der Waals surface area contributed by atoms with Crippen molar-refractivity contribution < 1.29 is 17.5 Å². The number of halogens is 2. The summed E-state index contributed by atoms with van der Waals surface area (Å²) in [6.07, 6.45) is 0. The van der Waals surface area contributed by atoms with Gasteiger partial charge >= 0.3 is 0 Å². The molecule has 0 bridgehead atoms. The zero-order chi connectivity index (χ0) is 13.3. The fourth-order valence-electron chi connectivity index (χ4n) is 1.67. The summed E-state index contributed by atoms with van der Waals surface area (Å²) in [4.78, 5) is -0.0247. The van der Waals surface area contributed by atoms with E-state index >= 15 is 0 Å². The summed E-state index contributed by atoms with van der Waals surface area (Å²) in [5.74, 6) is -0.650. The molecule has 1 aliphatic heterocycles. The summed E-state index contributed by atoms with van der Waals surface area (Å²) < 4.78 is 44.4. The van der Waals surface area contributed by atoms with Gasteiger partial charge in [0.05, 0.1) is 23.8 Å². The molecule has 0 unspecified atom stereocenters. The maximum absolute atomic E-state index is 13.2. The second-order valence-corrected chi connectivity index (χ2v) is 6.58. The Morgan fingerprint density at radius 1 is 1.33 bits per heavy atom. The maximum Gasteiger partial charge on any atom is 0.244 e. The van der Waals surface area contributed by atoms with E-state index in [2.05, 4.69) is 15.9 Å². The molecule has 5 nitrogen and oxygen atoms in total. The topological polar surface area (TPSA) is 72.6 Å². The molecule has 2 rings (SSSR count). The van der Waals surface area contributed by atoms with Gasteiger partial charge in [-0.2, -0.15) is 4.31 Å². The molecule has 0 saturated carbocycles. The highest BCUT2D eigenvalue weighted by Crippen LogP contribution is 2.29. The lowest BCUT2D eigenvalue weighted by Crippen LogP contribution is -2.40. The van der Waals surface area contributed by atoms with E-state index in [1.54, 1.807) is 0 Å². The highest BCUT2D eigenvalue weighted by molar-refractivity contribution is 9.10. The van der Waals surface area contributed by atoms with Crippen molar-refractivity contribution in [1.82, 2.24) is 4.31 Å². The largest absolute Gasteiger partial charge is 0.396 e. The first kappa shape index (κ1) is 13.7. The van der Waals surface area contributed by atoms with Gasteiger partial charge in [-0.15, -0.1) is 0 Å². The van der Waals surface area contributed by atoms with E-state index < -0.39 is 15.8 Å². The molecule has 0 amide bonds. The molecule has 1 heterocycles. The molecule has 8 heteroatoms. The summed E-state index contributed by atoms with van der Waals surface area (Å²) in [6.45, 7) is 1.28. The van der Waals surface area contributed by atoms with Gasteiger partial charge in [-0.05, 0) is 28.1 Å². The quantitative estimate of drug-likeness (QED) is 0.822. The van der Waals surface area contributed by atoms with Crippen LogP contribution in [-0.4, -0.2) is 39.0 Å². The van der Waals surface area contributed by atoms with Crippen LogP contribution in [0, 0.1) is 5.82 Å². The summed E-state index contributed by atoms with van der Waals surface area (Å²) >= 11 is 3.05. The van der Waals surface area contributed by atoms with Crippen molar-refractivity contribution in [3.05, 3.63) is 22.4 Å². The van der Waals surface area contributed by atoms with E-state index in [1.165, 1.54) is 4.31 Å². The number of nitrogens with two attached hydrogens (primary N) is 1. The van der Waals surface area contributed by atoms with Crippen LogP contribution in [0.25, 0.3) is 0 Å². The van der Waals surface area contributed by atoms with E-state index in [0.717, 1.165) is 12.1 Å². The van der Waals surface area contributed by atoms with Crippen molar-refractivity contribution in [1.29, 1.82) is 0 Å². The van der Waals surface area contributed by atoms with Crippen molar-refractivity contribution in [2.75, 3.05) is 32.0 Å². The molecule has 1 aromatic rings. The second kappa shape index (κ2) is 5.12. The smallest absolute Gasteiger partial charge is 0.244 e. The standard InChI is InChI=1S/C10H12BrFN2O3S/c11-7-5-8(12)9(13)6-10(7)18(15,16)14-1-3-17-4-2-14/h5-6H,1-4,13H2. The number of rotatable bonds is 2. The van der Waals surface area contributed by atoms with Gasteiger partial charge in [-0.1, -0.05) is 0 Å². The third-order valence-electron chi connectivity index (χ3n) is 2.64. The van der Waals surface area contributed by atoms with E-state index in [9.17, 15) is 12.8 Å². The summed E-state index contributed by atoms with van der Waals surface area (Å²) in [5.41, 5.74) is 5.22. The van der Waals surface area contributed by atoms with Crippen LogP contribution in [-0.2, 0) is 14.8 Å². The molecule has 0 aromatic heterocycles. The molecule has 1 aliphatic rings. The van der Waals surface area contributed by atoms with Crippen LogP contribution >= 0.6 is 15.9 Å². The van der Waals surface area contributed by atoms with Crippen LogP contribution in [0.4, 0.5) is 10.1 Å². The molecule has 18 heavy (non-hydrogen) atoms. The van der Waals surface area contributed by atoms with Gasteiger partial charge in [0, 0.05) is 17.6 Å². The van der Waals surface area contributed by atoms with Crippen molar-refractivity contribution in [2.24, 2.45) is 0 Å². The van der Waals surface area contributed by atoms with E-state index in [1.807, 2.05) is 0 Å². The Morgan fingerprint density at radius 3 is 2.56 bits per heavy atom. The van der Waals surface area contributed by atoms with Gasteiger partial charge in [0.25, 0.3) is 0 Å². The van der Waals surface area contributed by atoms with Gasteiger partial charge in [0.1, 0.15) is 5.82 Å². The minimum atomic E-state index is -3.67. The SMILES string of the molecule is Nc1cc(S(=O)(=O)N2CCOCC2)c(Br)cc1F. The molecule has 1 aromatic carbocycles. The molecule has 0 atom stereocenters. The lowest BCUT2D eigenvalue weighted by Gasteiger charge is -2.26. The number of benzene rings is 1. The zero-order valence-corrected chi connectivity index (χ0v) is 11.8. The minimum absolute atomic E-state index is 0.0247. The maximum atomic E-state index is 13.2. The minimum Gasteiger partial charge on any atom is -0.396 e. The molecule has 100 valence electrons. The van der Waals surface area contributed by atoms with Crippen LogP contribution in [0.3, 0.4) is 0 Å². The van der Waals surface area contributed by atoms with Gasteiger partial charge in [-0.3, -0.25) is 0 Å². The number of sulfonamides is 1. The van der Waals surface area contributed by atoms with E-state index in [-0.39, 0.29) is 28.1 Å². The van der Waals surface area contributed by atoms with Crippen molar-refractivity contribution >= 4 is 31.6 Å². The highest BCUT2D eigenvalue weighted by Gasteiger charge is 2.28. The predicted octanol–water partition coefficient (Wildman–Crippen LogP) is 1.19. The molecule has 0 spiro atoms. The first-order valence-corrected chi connectivity index (χ1v) is 7.48. The molecule has 1 saturated heterocycles. The third-order valence-corrected chi connectivity index (χ3v) is 5.50. The first-order valence-electron chi connectivity index (χ1n) is 5.25. The summed E-state index contributed by atoms with van der Waals surface area (Å²) in [6, 6.07) is 2.19. The second-order valence-electron chi connectivity index (χ2n) is 3.82. The van der Waals surface area contributed by atoms with Gasteiger partial charge in [-0.25, -0.2) is 12.8 Å². The molecule has 0 radical (unpaired) electrons. The number of morpholine rings is 1. The number of ether oxygens (including phenoxy) is 1. The Kier molecular flexibility index (Phi) is 3.90. The van der Waals surface area contributed by atoms with Crippen LogP contribution < -0.4 is 5.73 Å². The third kappa shape index (κ3) is 2.51. The monoisotopic (exact) mass is 338 g/mol. The molecule has 0 aliphatic carbocycles.